The highest BCUT2D eigenvalue weighted by atomic mass is 19.4. The van der Waals surface area contributed by atoms with Crippen LogP contribution in [0.4, 0.5) is 32.0 Å². The van der Waals surface area contributed by atoms with Gasteiger partial charge in [0, 0.05) is 12.2 Å². The topological polar surface area (TPSA) is 55.1 Å². The molecule has 3 nitrogen and oxygen atoms in total. The first-order valence-corrected chi connectivity index (χ1v) is 5.28. The molecule has 0 atom stereocenters. The Balaban J connectivity index is 2.81. The van der Waals surface area contributed by atoms with E-state index in [0.29, 0.717) is 0 Å². The zero-order valence-corrected chi connectivity index (χ0v) is 9.85. The minimum atomic E-state index is -5.70. The van der Waals surface area contributed by atoms with Gasteiger partial charge in [-0.15, -0.1) is 0 Å². The molecular weight excluding hydrogens is 290 g/mol. The van der Waals surface area contributed by atoms with Crippen LogP contribution in [0.1, 0.15) is 5.56 Å². The molecule has 0 spiro atoms. The van der Waals surface area contributed by atoms with Gasteiger partial charge in [0.05, 0.1) is 0 Å². The van der Waals surface area contributed by atoms with Crippen LogP contribution in [0.5, 0.6) is 0 Å². The zero-order chi connectivity index (χ0) is 15.6. The van der Waals surface area contributed by atoms with Crippen LogP contribution < -0.4 is 11.1 Å². The number of nitrogens with two attached hydrogens (primary N) is 1. The molecule has 0 aromatic heterocycles. The molecule has 0 bridgehead atoms. The van der Waals surface area contributed by atoms with Gasteiger partial charge in [0.2, 0.25) is 11.8 Å². The van der Waals surface area contributed by atoms with E-state index in [1.807, 2.05) is 0 Å². The number of hydrogen-bond donors (Lipinski definition) is 2. The number of alkyl halides is 6. The van der Waals surface area contributed by atoms with Crippen LogP contribution >= 0.6 is 0 Å². The monoisotopic (exact) mass is 300 g/mol. The molecule has 3 N–H and O–H groups in total. The summed E-state index contributed by atoms with van der Waals surface area (Å²) in [6.07, 6.45) is -11.4. The summed E-state index contributed by atoms with van der Waals surface area (Å²) in [7, 11) is 0. The second-order valence-electron chi connectivity index (χ2n) is 3.93. The molecule has 1 aromatic carbocycles. The van der Waals surface area contributed by atoms with Crippen molar-refractivity contribution in [3.8, 4) is 0 Å². The Hall–Kier alpha value is -1.93. The molecule has 0 saturated heterocycles. The van der Waals surface area contributed by atoms with Gasteiger partial charge in [0.15, 0.2) is 0 Å². The molecule has 0 unspecified atom stereocenters. The molecule has 0 aliphatic rings. The summed E-state index contributed by atoms with van der Waals surface area (Å²) in [4.78, 5) is 11.1. The highest BCUT2D eigenvalue weighted by molar-refractivity contribution is 5.80. The van der Waals surface area contributed by atoms with Crippen LogP contribution in [0.2, 0.25) is 0 Å². The van der Waals surface area contributed by atoms with E-state index in [9.17, 15) is 31.1 Å². The molecule has 0 radical (unpaired) electrons. The lowest BCUT2D eigenvalue weighted by molar-refractivity contribution is -0.274. The molecule has 1 amide bonds. The van der Waals surface area contributed by atoms with Gasteiger partial charge in [-0.2, -0.15) is 26.3 Å². The number of hydrogen-bond acceptors (Lipinski definition) is 2. The maximum atomic E-state index is 12.3. The SMILES string of the molecule is Nc1ccccc1CNC(=O)C(C(F)(F)F)C(F)(F)F. The fraction of sp³-hybridized carbons (Fsp3) is 0.364. The second kappa shape index (κ2) is 5.59. The lowest BCUT2D eigenvalue weighted by atomic mass is 10.1. The van der Waals surface area contributed by atoms with Crippen LogP contribution in [-0.4, -0.2) is 18.3 Å². The number of halogens is 6. The van der Waals surface area contributed by atoms with Crippen LogP contribution in [0.3, 0.4) is 0 Å². The van der Waals surface area contributed by atoms with Gasteiger partial charge in [-0.25, -0.2) is 0 Å². The van der Waals surface area contributed by atoms with E-state index in [1.54, 1.807) is 5.32 Å². The third kappa shape index (κ3) is 4.04. The Bertz CT molecular complexity index is 469. The third-order valence-electron chi connectivity index (χ3n) is 2.43. The van der Waals surface area contributed by atoms with E-state index in [0.717, 1.165) is 0 Å². The summed E-state index contributed by atoms with van der Waals surface area (Å²) in [6, 6.07) is 5.82. The predicted octanol–water partition coefficient (Wildman–Crippen LogP) is 2.63. The van der Waals surface area contributed by atoms with Crippen molar-refractivity contribution < 1.29 is 31.1 Å². The summed E-state index contributed by atoms with van der Waals surface area (Å²) in [5.41, 5.74) is 5.84. The molecular formula is C11H10F6N2O. The molecule has 0 fully saturated rings. The quantitative estimate of drug-likeness (QED) is 0.666. The smallest absolute Gasteiger partial charge is 0.398 e. The molecule has 112 valence electrons. The molecule has 0 saturated carbocycles. The van der Waals surface area contributed by atoms with Crippen LogP contribution in [0, 0.1) is 5.92 Å². The molecule has 1 aromatic rings. The van der Waals surface area contributed by atoms with E-state index in [2.05, 4.69) is 0 Å². The number of amides is 1. The van der Waals surface area contributed by atoms with Crippen molar-refractivity contribution in [2.75, 3.05) is 5.73 Å². The Morgan fingerprint density at radius 1 is 1.10 bits per heavy atom. The van der Waals surface area contributed by atoms with Gasteiger partial charge < -0.3 is 11.1 Å². The second-order valence-corrected chi connectivity index (χ2v) is 3.93. The minimum absolute atomic E-state index is 0.156. The Morgan fingerprint density at radius 2 is 1.60 bits per heavy atom. The minimum Gasteiger partial charge on any atom is -0.398 e. The standard InChI is InChI=1S/C11H10F6N2O/c12-10(13,14)8(11(15,16)17)9(20)19-5-6-3-1-2-4-7(6)18/h1-4,8H,5,18H2,(H,19,20). The summed E-state index contributed by atoms with van der Waals surface area (Å²) < 4.78 is 73.6. The number of carbonyl (C=O) groups excluding carboxylic acids is 1. The molecule has 0 aliphatic heterocycles. The number of nitrogens with one attached hydrogen (secondary N) is 1. The van der Waals surface area contributed by atoms with Crippen molar-refractivity contribution in [2.24, 2.45) is 5.92 Å². The van der Waals surface area contributed by atoms with Crippen molar-refractivity contribution in [1.29, 1.82) is 0 Å². The van der Waals surface area contributed by atoms with Crippen molar-refractivity contribution >= 4 is 11.6 Å². The average molecular weight is 300 g/mol. The third-order valence-corrected chi connectivity index (χ3v) is 2.43. The van der Waals surface area contributed by atoms with Crippen molar-refractivity contribution in [1.82, 2.24) is 5.32 Å². The molecule has 20 heavy (non-hydrogen) atoms. The van der Waals surface area contributed by atoms with Crippen LogP contribution in [0.15, 0.2) is 24.3 Å². The van der Waals surface area contributed by atoms with E-state index >= 15 is 0 Å². The molecule has 0 heterocycles. The Morgan fingerprint density at radius 3 is 2.05 bits per heavy atom. The predicted molar refractivity (Wildman–Crippen MR) is 58.3 cm³/mol. The Labute approximate surface area is 109 Å². The van der Waals surface area contributed by atoms with Crippen LogP contribution in [-0.2, 0) is 11.3 Å². The van der Waals surface area contributed by atoms with Crippen molar-refractivity contribution in [2.45, 2.75) is 18.9 Å². The first-order valence-electron chi connectivity index (χ1n) is 5.28. The van der Waals surface area contributed by atoms with Gasteiger partial charge in [-0.05, 0) is 11.6 Å². The number of para-hydroxylation sites is 1. The summed E-state index contributed by atoms with van der Waals surface area (Å²) >= 11 is 0. The summed E-state index contributed by atoms with van der Waals surface area (Å²) in [5, 5.41) is 1.59. The first kappa shape index (κ1) is 16.1. The maximum Gasteiger partial charge on any atom is 0.409 e. The number of anilines is 1. The van der Waals surface area contributed by atoms with Gasteiger partial charge in [0.25, 0.3) is 0 Å². The highest BCUT2D eigenvalue weighted by Crippen LogP contribution is 2.39. The summed E-state index contributed by atoms with van der Waals surface area (Å²) in [6.45, 7) is -0.520. The maximum absolute atomic E-state index is 12.3. The lowest BCUT2D eigenvalue weighted by Gasteiger charge is -2.22. The van der Waals surface area contributed by atoms with Gasteiger partial charge in [-0.3, -0.25) is 4.79 Å². The fourth-order valence-electron chi connectivity index (χ4n) is 1.46. The molecule has 1 rings (SSSR count). The fourth-order valence-corrected chi connectivity index (χ4v) is 1.46. The average Bonchev–Trinajstić information content (AvgIpc) is 2.23. The highest BCUT2D eigenvalue weighted by Gasteiger charge is 2.60. The van der Waals surface area contributed by atoms with E-state index in [-0.39, 0.29) is 11.3 Å². The van der Waals surface area contributed by atoms with Crippen molar-refractivity contribution in [3.63, 3.8) is 0 Å². The first-order chi connectivity index (χ1) is 9.03. The normalized spacial score (nSPS) is 12.6. The van der Waals surface area contributed by atoms with Crippen LogP contribution in [0.25, 0.3) is 0 Å². The Kier molecular flexibility index (Phi) is 4.51. The van der Waals surface area contributed by atoms with E-state index < -0.39 is 30.7 Å². The zero-order valence-electron chi connectivity index (χ0n) is 9.85. The summed E-state index contributed by atoms with van der Waals surface area (Å²) in [5.74, 6) is -6.21. The lowest BCUT2D eigenvalue weighted by Crippen LogP contribution is -2.47. The number of carbonyl (C=O) groups is 1. The molecule has 9 heteroatoms. The number of rotatable bonds is 3. The number of nitrogen functional groups attached to an aromatic ring is 1. The van der Waals surface area contributed by atoms with E-state index in [1.165, 1.54) is 24.3 Å². The molecule has 0 aliphatic carbocycles. The van der Waals surface area contributed by atoms with Crippen molar-refractivity contribution in [3.05, 3.63) is 29.8 Å². The van der Waals surface area contributed by atoms with Gasteiger partial charge >= 0.3 is 12.4 Å². The van der Waals surface area contributed by atoms with Gasteiger partial charge in [-0.1, -0.05) is 18.2 Å². The number of benzene rings is 1. The largest absolute Gasteiger partial charge is 0.409 e. The van der Waals surface area contributed by atoms with Gasteiger partial charge in [0.1, 0.15) is 0 Å². The van der Waals surface area contributed by atoms with E-state index in [4.69, 9.17) is 5.73 Å².